The number of ether oxygens (including phenoxy) is 1. The van der Waals surface area contributed by atoms with Crippen LogP contribution in [0.4, 0.5) is 0 Å². The molecule has 38 heavy (non-hydrogen) atoms. The molecule has 0 bridgehead atoms. The van der Waals surface area contributed by atoms with E-state index in [1.54, 1.807) is 30.4 Å². The number of ketones is 2. The maximum atomic E-state index is 13.7. The highest BCUT2D eigenvalue weighted by Crippen LogP contribution is 2.67. The van der Waals surface area contributed by atoms with Crippen LogP contribution in [0.2, 0.25) is 5.02 Å². The van der Waals surface area contributed by atoms with Crippen LogP contribution in [0.3, 0.4) is 0 Å². The second kappa shape index (κ2) is 8.70. The number of hydrogen-bond acceptors (Lipinski definition) is 7. The SMILES string of the molecule is C[C@H]1CC2C(C(O)CC3(C)C2CC[C@]3(O)C(=O)COc2ncnc3ccc(Cl)cc23)C2(C)C=CC(=O)C=C12. The molecule has 8 heteroatoms. The Balaban J connectivity index is 1.28. The second-order valence-electron chi connectivity index (χ2n) is 12.2. The van der Waals surface area contributed by atoms with Crippen LogP contribution in [0, 0.1) is 34.5 Å². The lowest BCUT2D eigenvalue weighted by Gasteiger charge is -2.60. The zero-order valence-electron chi connectivity index (χ0n) is 21.9. The van der Waals surface area contributed by atoms with Crippen molar-refractivity contribution in [2.75, 3.05) is 6.61 Å². The fraction of sp³-hybridized carbons (Fsp3) is 0.533. The maximum Gasteiger partial charge on any atom is 0.224 e. The van der Waals surface area contributed by atoms with Gasteiger partial charge >= 0.3 is 0 Å². The third kappa shape index (κ3) is 3.55. The van der Waals surface area contributed by atoms with Crippen LogP contribution in [0.1, 0.15) is 46.5 Å². The van der Waals surface area contributed by atoms with Crippen LogP contribution in [0.15, 0.2) is 48.3 Å². The molecule has 4 aliphatic rings. The molecule has 6 unspecified atom stereocenters. The second-order valence-corrected chi connectivity index (χ2v) is 12.6. The molecule has 0 saturated heterocycles. The van der Waals surface area contributed by atoms with Gasteiger partial charge in [0.05, 0.1) is 17.0 Å². The lowest BCUT2D eigenvalue weighted by atomic mass is 9.45. The number of carbonyl (C=O) groups is 2. The zero-order valence-corrected chi connectivity index (χ0v) is 22.6. The molecule has 0 aliphatic heterocycles. The van der Waals surface area contributed by atoms with E-state index in [1.165, 1.54) is 6.33 Å². The minimum Gasteiger partial charge on any atom is -0.469 e. The van der Waals surface area contributed by atoms with Crippen LogP contribution in [-0.2, 0) is 9.59 Å². The van der Waals surface area contributed by atoms with E-state index in [9.17, 15) is 19.8 Å². The molecule has 3 fully saturated rings. The summed E-state index contributed by atoms with van der Waals surface area (Å²) in [4.78, 5) is 34.3. The summed E-state index contributed by atoms with van der Waals surface area (Å²) in [6, 6.07) is 5.17. The minimum absolute atomic E-state index is 0.00233. The fourth-order valence-electron chi connectivity index (χ4n) is 8.59. The van der Waals surface area contributed by atoms with Crippen LogP contribution < -0.4 is 4.74 Å². The Hall–Kier alpha value is -2.61. The fourth-order valence-corrected chi connectivity index (χ4v) is 8.76. The summed E-state index contributed by atoms with van der Waals surface area (Å²) >= 11 is 6.15. The van der Waals surface area contributed by atoms with Gasteiger partial charge in [-0.3, -0.25) is 9.59 Å². The summed E-state index contributed by atoms with van der Waals surface area (Å²) in [5, 5.41) is 24.7. The Bertz CT molecular complexity index is 1410. The molecule has 1 heterocycles. The van der Waals surface area contributed by atoms with Gasteiger partial charge < -0.3 is 14.9 Å². The molecule has 2 N–H and O–H groups in total. The Kier molecular flexibility index (Phi) is 5.87. The van der Waals surface area contributed by atoms with Gasteiger partial charge in [-0.1, -0.05) is 44.0 Å². The standard InChI is InChI=1S/C30H33ClN2O5/c1-16-10-19-21-7-9-30(37,25(36)14-38-27-20-11-17(31)4-5-23(20)32-15-33-27)29(21,3)13-24(35)26(19)28(2)8-6-18(34)12-22(16)28/h4-6,8,11-12,15-16,19,21,24,26,35,37H,7,9-10,13-14H2,1-3H3/t16-,19?,21?,24?,26?,28?,29?,30-/m0/s1. The van der Waals surface area contributed by atoms with E-state index in [4.69, 9.17) is 16.3 Å². The average Bonchev–Trinajstić information content (AvgIpc) is 3.14. The van der Waals surface area contributed by atoms with E-state index >= 15 is 0 Å². The van der Waals surface area contributed by atoms with Crippen molar-refractivity contribution in [3.8, 4) is 5.88 Å². The van der Waals surface area contributed by atoms with Crippen molar-refractivity contribution in [3.63, 3.8) is 0 Å². The summed E-state index contributed by atoms with van der Waals surface area (Å²) in [5.41, 5.74) is -1.10. The van der Waals surface area contributed by atoms with Gasteiger partial charge in [0.1, 0.15) is 11.9 Å². The maximum absolute atomic E-state index is 13.7. The molecule has 3 saturated carbocycles. The van der Waals surface area contributed by atoms with Gasteiger partial charge in [-0.15, -0.1) is 0 Å². The lowest BCUT2D eigenvalue weighted by molar-refractivity contribution is -0.179. The van der Waals surface area contributed by atoms with Crippen LogP contribution in [0.5, 0.6) is 5.88 Å². The molecule has 4 aliphatic carbocycles. The smallest absolute Gasteiger partial charge is 0.224 e. The van der Waals surface area contributed by atoms with Crippen molar-refractivity contribution in [1.82, 2.24) is 9.97 Å². The molecular formula is C30H33ClN2O5. The normalized spacial score (nSPS) is 39.8. The third-order valence-electron chi connectivity index (χ3n) is 10.3. The number of aromatic nitrogens is 2. The first-order valence-electron chi connectivity index (χ1n) is 13.4. The Morgan fingerprint density at radius 3 is 2.84 bits per heavy atom. The van der Waals surface area contributed by atoms with Crippen molar-refractivity contribution in [1.29, 1.82) is 0 Å². The molecule has 6 rings (SSSR count). The Morgan fingerprint density at radius 1 is 1.26 bits per heavy atom. The van der Waals surface area contributed by atoms with Gasteiger partial charge in [0.25, 0.3) is 0 Å². The highest BCUT2D eigenvalue weighted by atomic mass is 35.5. The predicted octanol–water partition coefficient (Wildman–Crippen LogP) is 4.49. The number of aliphatic hydroxyl groups is 2. The number of nitrogens with zero attached hydrogens (tertiary/aromatic N) is 2. The first-order valence-corrected chi connectivity index (χ1v) is 13.8. The molecule has 0 radical (unpaired) electrons. The topological polar surface area (TPSA) is 110 Å². The summed E-state index contributed by atoms with van der Waals surface area (Å²) in [5.74, 6) is 0.126. The number of fused-ring (bicyclic) bond motifs is 6. The van der Waals surface area contributed by atoms with E-state index in [0.29, 0.717) is 35.2 Å². The molecular weight excluding hydrogens is 504 g/mol. The van der Waals surface area contributed by atoms with E-state index in [0.717, 1.165) is 12.0 Å². The van der Waals surface area contributed by atoms with Gasteiger partial charge in [-0.25, -0.2) is 9.97 Å². The van der Waals surface area contributed by atoms with E-state index in [1.807, 2.05) is 13.0 Å². The van der Waals surface area contributed by atoms with Crippen molar-refractivity contribution >= 4 is 34.1 Å². The zero-order chi connectivity index (χ0) is 27.0. The number of aliphatic hydroxyl groups excluding tert-OH is 1. The number of Topliss-reactive ketones (excluding diaryl/α,β-unsaturated/α-hetero) is 1. The number of benzene rings is 1. The van der Waals surface area contributed by atoms with Crippen molar-refractivity contribution in [2.45, 2.75) is 58.2 Å². The molecule has 7 nitrogen and oxygen atoms in total. The summed E-state index contributed by atoms with van der Waals surface area (Å²) in [6.45, 7) is 5.89. The summed E-state index contributed by atoms with van der Waals surface area (Å²) in [7, 11) is 0. The van der Waals surface area contributed by atoms with E-state index in [2.05, 4.69) is 23.8 Å². The number of allylic oxidation sites excluding steroid dienone is 4. The molecule has 1 aromatic carbocycles. The van der Waals surface area contributed by atoms with E-state index < -0.39 is 28.3 Å². The molecule has 0 spiro atoms. The average molecular weight is 537 g/mol. The third-order valence-corrected chi connectivity index (χ3v) is 10.6. The van der Waals surface area contributed by atoms with Crippen LogP contribution in [0.25, 0.3) is 10.9 Å². The van der Waals surface area contributed by atoms with Gasteiger partial charge in [-0.2, -0.15) is 0 Å². The molecule has 1 aromatic heterocycles. The highest BCUT2D eigenvalue weighted by Gasteiger charge is 2.68. The monoisotopic (exact) mass is 536 g/mol. The van der Waals surface area contributed by atoms with Gasteiger partial charge in [0.2, 0.25) is 11.7 Å². The molecule has 8 atom stereocenters. The molecule has 2 aromatic rings. The van der Waals surface area contributed by atoms with Gasteiger partial charge in [0.15, 0.2) is 12.4 Å². The lowest BCUT2D eigenvalue weighted by Crippen LogP contribution is -2.62. The van der Waals surface area contributed by atoms with E-state index in [-0.39, 0.29) is 41.9 Å². The quantitative estimate of drug-likeness (QED) is 0.592. The van der Waals surface area contributed by atoms with Crippen molar-refractivity contribution < 1.29 is 24.5 Å². The predicted molar refractivity (Wildman–Crippen MR) is 143 cm³/mol. The minimum atomic E-state index is -1.62. The number of rotatable bonds is 4. The first kappa shape index (κ1) is 25.7. The molecule has 200 valence electrons. The van der Waals surface area contributed by atoms with Crippen LogP contribution >= 0.6 is 11.6 Å². The molecule has 0 amide bonds. The first-order chi connectivity index (χ1) is 18.0. The van der Waals surface area contributed by atoms with Gasteiger partial charge in [0, 0.05) is 21.8 Å². The Morgan fingerprint density at radius 2 is 2.05 bits per heavy atom. The summed E-state index contributed by atoms with van der Waals surface area (Å²) < 4.78 is 5.86. The number of hydrogen-bond donors (Lipinski definition) is 2. The summed E-state index contributed by atoms with van der Waals surface area (Å²) in [6.07, 6.45) is 8.15. The largest absolute Gasteiger partial charge is 0.469 e. The van der Waals surface area contributed by atoms with Gasteiger partial charge in [-0.05, 0) is 73.8 Å². The van der Waals surface area contributed by atoms with Crippen molar-refractivity contribution in [3.05, 3.63) is 53.4 Å². The van der Waals surface area contributed by atoms with Crippen molar-refractivity contribution in [2.24, 2.45) is 34.5 Å². The number of carbonyl (C=O) groups excluding carboxylic acids is 2. The Labute approximate surface area is 227 Å². The number of halogens is 1. The van der Waals surface area contributed by atoms with Crippen LogP contribution in [-0.4, -0.2) is 50.1 Å². The highest BCUT2D eigenvalue weighted by molar-refractivity contribution is 6.31.